The van der Waals surface area contributed by atoms with Gasteiger partial charge < -0.3 is 20.0 Å². The Kier molecular flexibility index (Phi) is 6.00. The van der Waals surface area contributed by atoms with Crippen LogP contribution in [-0.4, -0.2) is 31.0 Å². The van der Waals surface area contributed by atoms with Crippen molar-refractivity contribution in [2.75, 3.05) is 19.0 Å². The summed E-state index contributed by atoms with van der Waals surface area (Å²) < 4.78 is 10.8. The zero-order chi connectivity index (χ0) is 18.4. The SMILES string of the molecule is COc1cc(/C=N/O)ccc1OCC(=O)Nc1c(C)cc(C)cc1C. The number of hydrogen-bond acceptors (Lipinski definition) is 5. The Morgan fingerprint density at radius 3 is 2.44 bits per heavy atom. The molecule has 0 aromatic heterocycles. The molecule has 2 aromatic carbocycles. The lowest BCUT2D eigenvalue weighted by atomic mass is 10.1. The highest BCUT2D eigenvalue weighted by Crippen LogP contribution is 2.28. The fourth-order valence-corrected chi connectivity index (χ4v) is 2.65. The molecule has 0 aliphatic rings. The topological polar surface area (TPSA) is 80.2 Å². The van der Waals surface area contributed by atoms with E-state index in [0.29, 0.717) is 17.1 Å². The molecule has 6 nitrogen and oxygen atoms in total. The third-order valence-corrected chi connectivity index (χ3v) is 3.69. The Bertz CT molecular complexity index is 777. The minimum atomic E-state index is -0.252. The number of aryl methyl sites for hydroxylation is 3. The van der Waals surface area contributed by atoms with Gasteiger partial charge in [-0.15, -0.1) is 0 Å². The second kappa shape index (κ2) is 8.19. The molecule has 0 spiro atoms. The number of methoxy groups -OCH3 is 1. The van der Waals surface area contributed by atoms with Gasteiger partial charge in [-0.25, -0.2) is 0 Å². The van der Waals surface area contributed by atoms with Gasteiger partial charge in [0.2, 0.25) is 0 Å². The predicted octanol–water partition coefficient (Wildman–Crippen LogP) is 3.45. The summed E-state index contributed by atoms with van der Waals surface area (Å²) in [5.74, 6) is 0.635. The second-order valence-corrected chi connectivity index (χ2v) is 5.77. The Morgan fingerprint density at radius 2 is 1.84 bits per heavy atom. The highest BCUT2D eigenvalue weighted by Gasteiger charge is 2.11. The molecule has 0 unspecified atom stereocenters. The number of oxime groups is 1. The molecule has 0 saturated carbocycles. The molecule has 0 atom stereocenters. The summed E-state index contributed by atoms with van der Waals surface area (Å²) in [6.45, 7) is 5.80. The highest BCUT2D eigenvalue weighted by atomic mass is 16.5. The van der Waals surface area contributed by atoms with E-state index in [2.05, 4.69) is 10.5 Å². The quantitative estimate of drug-likeness (QED) is 0.479. The van der Waals surface area contributed by atoms with Gasteiger partial charge in [0.25, 0.3) is 5.91 Å². The molecule has 2 N–H and O–H groups in total. The number of nitrogens with one attached hydrogen (secondary N) is 1. The number of amides is 1. The van der Waals surface area contributed by atoms with E-state index in [-0.39, 0.29) is 12.5 Å². The predicted molar refractivity (Wildman–Crippen MR) is 97.2 cm³/mol. The first-order valence-corrected chi connectivity index (χ1v) is 7.80. The van der Waals surface area contributed by atoms with Crippen molar-refractivity contribution in [3.8, 4) is 11.5 Å². The lowest BCUT2D eigenvalue weighted by molar-refractivity contribution is -0.118. The molecule has 1 amide bonds. The van der Waals surface area contributed by atoms with Crippen LogP contribution in [0.4, 0.5) is 5.69 Å². The average molecular weight is 342 g/mol. The van der Waals surface area contributed by atoms with Crippen LogP contribution in [0, 0.1) is 20.8 Å². The summed E-state index contributed by atoms with van der Waals surface area (Å²) in [6, 6.07) is 9.05. The summed E-state index contributed by atoms with van der Waals surface area (Å²) in [5.41, 5.74) is 4.63. The number of benzene rings is 2. The van der Waals surface area contributed by atoms with Gasteiger partial charge in [0, 0.05) is 11.3 Å². The summed E-state index contributed by atoms with van der Waals surface area (Å²) in [7, 11) is 1.50. The summed E-state index contributed by atoms with van der Waals surface area (Å²) in [4.78, 5) is 12.2. The first kappa shape index (κ1) is 18.3. The van der Waals surface area contributed by atoms with E-state index in [1.54, 1.807) is 18.2 Å². The van der Waals surface area contributed by atoms with Gasteiger partial charge in [0.1, 0.15) is 0 Å². The Balaban J connectivity index is 2.05. The van der Waals surface area contributed by atoms with E-state index >= 15 is 0 Å². The van der Waals surface area contributed by atoms with Crippen LogP contribution in [0.2, 0.25) is 0 Å². The van der Waals surface area contributed by atoms with Gasteiger partial charge in [-0.2, -0.15) is 0 Å². The fraction of sp³-hybridized carbons (Fsp3) is 0.263. The van der Waals surface area contributed by atoms with E-state index in [4.69, 9.17) is 14.7 Å². The summed E-state index contributed by atoms with van der Waals surface area (Å²) in [5, 5.41) is 14.4. The third-order valence-electron chi connectivity index (χ3n) is 3.69. The zero-order valence-electron chi connectivity index (χ0n) is 14.8. The highest BCUT2D eigenvalue weighted by molar-refractivity contribution is 5.93. The molecule has 0 fully saturated rings. The number of rotatable bonds is 6. The van der Waals surface area contributed by atoms with Crippen molar-refractivity contribution in [2.45, 2.75) is 20.8 Å². The average Bonchev–Trinajstić information content (AvgIpc) is 2.57. The fourth-order valence-electron chi connectivity index (χ4n) is 2.65. The molecule has 0 aliphatic heterocycles. The molecule has 2 rings (SSSR count). The van der Waals surface area contributed by atoms with Crippen LogP contribution in [0.5, 0.6) is 11.5 Å². The third kappa shape index (κ3) is 4.73. The van der Waals surface area contributed by atoms with Crippen LogP contribution in [-0.2, 0) is 4.79 Å². The maximum Gasteiger partial charge on any atom is 0.262 e. The maximum atomic E-state index is 12.2. The first-order chi connectivity index (χ1) is 11.9. The van der Waals surface area contributed by atoms with E-state index in [9.17, 15) is 4.79 Å². The van der Waals surface area contributed by atoms with Gasteiger partial charge in [-0.05, 0) is 50.1 Å². The first-order valence-electron chi connectivity index (χ1n) is 7.80. The Labute approximate surface area is 147 Å². The number of anilines is 1. The number of ether oxygens (including phenoxy) is 2. The number of nitrogens with zero attached hydrogens (tertiary/aromatic N) is 1. The molecule has 0 bridgehead atoms. The molecule has 0 radical (unpaired) electrons. The lowest BCUT2D eigenvalue weighted by Gasteiger charge is -2.14. The van der Waals surface area contributed by atoms with Gasteiger partial charge in [-0.3, -0.25) is 4.79 Å². The van der Waals surface area contributed by atoms with Crippen LogP contribution < -0.4 is 14.8 Å². The number of carbonyl (C=O) groups excluding carboxylic acids is 1. The van der Waals surface area contributed by atoms with Crippen LogP contribution in [0.3, 0.4) is 0 Å². The normalized spacial score (nSPS) is 10.7. The molecule has 0 aliphatic carbocycles. The number of carbonyl (C=O) groups is 1. The molecule has 132 valence electrons. The summed E-state index contributed by atoms with van der Waals surface area (Å²) >= 11 is 0. The van der Waals surface area contributed by atoms with Crippen molar-refractivity contribution in [1.29, 1.82) is 0 Å². The molecular weight excluding hydrogens is 320 g/mol. The second-order valence-electron chi connectivity index (χ2n) is 5.77. The standard InChI is InChI=1S/C19H22N2O4/c1-12-7-13(2)19(14(3)8-12)21-18(22)11-25-16-6-5-15(10-20-23)9-17(16)24-4/h5-10,23H,11H2,1-4H3,(H,21,22)/b20-10+. The minimum Gasteiger partial charge on any atom is -0.493 e. The molecule has 2 aromatic rings. The molecule has 0 saturated heterocycles. The molecule has 0 heterocycles. The maximum absolute atomic E-state index is 12.2. The molecule has 25 heavy (non-hydrogen) atoms. The van der Waals surface area contributed by atoms with Crippen LogP contribution in [0.15, 0.2) is 35.5 Å². The molecule has 6 heteroatoms. The van der Waals surface area contributed by atoms with E-state index in [1.807, 2.05) is 32.9 Å². The van der Waals surface area contributed by atoms with Gasteiger partial charge in [-0.1, -0.05) is 22.9 Å². The van der Waals surface area contributed by atoms with Crippen molar-refractivity contribution in [1.82, 2.24) is 0 Å². The number of hydrogen-bond donors (Lipinski definition) is 2. The monoisotopic (exact) mass is 342 g/mol. The Hall–Kier alpha value is -3.02. The van der Waals surface area contributed by atoms with E-state index in [1.165, 1.54) is 13.3 Å². The van der Waals surface area contributed by atoms with Crippen LogP contribution >= 0.6 is 0 Å². The van der Waals surface area contributed by atoms with Crippen LogP contribution in [0.1, 0.15) is 22.3 Å². The largest absolute Gasteiger partial charge is 0.493 e. The van der Waals surface area contributed by atoms with E-state index < -0.39 is 0 Å². The Morgan fingerprint density at radius 1 is 1.16 bits per heavy atom. The van der Waals surface area contributed by atoms with E-state index in [0.717, 1.165) is 22.4 Å². The summed E-state index contributed by atoms with van der Waals surface area (Å²) in [6.07, 6.45) is 1.28. The van der Waals surface area contributed by atoms with Crippen molar-refractivity contribution < 1.29 is 19.5 Å². The van der Waals surface area contributed by atoms with Gasteiger partial charge in [0.05, 0.1) is 13.3 Å². The minimum absolute atomic E-state index is 0.142. The molecular formula is C19H22N2O4. The van der Waals surface area contributed by atoms with Crippen molar-refractivity contribution in [3.63, 3.8) is 0 Å². The zero-order valence-corrected chi connectivity index (χ0v) is 14.8. The lowest BCUT2D eigenvalue weighted by Crippen LogP contribution is -2.21. The van der Waals surface area contributed by atoms with Gasteiger partial charge in [0.15, 0.2) is 18.1 Å². The van der Waals surface area contributed by atoms with Crippen LogP contribution in [0.25, 0.3) is 0 Å². The van der Waals surface area contributed by atoms with Crippen molar-refractivity contribution in [3.05, 3.63) is 52.6 Å². The van der Waals surface area contributed by atoms with Gasteiger partial charge >= 0.3 is 0 Å². The van der Waals surface area contributed by atoms with Crippen molar-refractivity contribution in [2.24, 2.45) is 5.16 Å². The smallest absolute Gasteiger partial charge is 0.262 e. The van der Waals surface area contributed by atoms with Crippen molar-refractivity contribution >= 4 is 17.8 Å².